The number of hydrogen-bond donors (Lipinski definition) is 0. The fourth-order valence-electron chi connectivity index (χ4n) is 7.99. The number of benzene rings is 10. The summed E-state index contributed by atoms with van der Waals surface area (Å²) in [7, 11) is 0. The monoisotopic (exact) mass is 747 g/mol. The van der Waals surface area contributed by atoms with Crippen LogP contribution >= 0.6 is 0 Å². The Morgan fingerprint density at radius 1 is 0.345 bits per heavy atom. The van der Waals surface area contributed by atoms with Crippen LogP contribution in [0.1, 0.15) is 11.0 Å². The van der Waals surface area contributed by atoms with E-state index in [1.54, 1.807) is 30.3 Å². The molecule has 2 nitrogen and oxygen atoms in total. The van der Waals surface area contributed by atoms with Crippen molar-refractivity contribution in [2.24, 2.45) is 0 Å². The number of furan rings is 1. The molecule has 0 unspecified atom stereocenters. The lowest BCUT2D eigenvalue weighted by Gasteiger charge is -2.26. The zero-order valence-corrected chi connectivity index (χ0v) is 31.1. The fraction of sp³-hybridized carbons (Fsp3) is 0. The molecule has 0 bridgehead atoms. The molecule has 0 atom stereocenters. The summed E-state index contributed by atoms with van der Waals surface area (Å²) in [6.07, 6.45) is 0. The minimum absolute atomic E-state index is 0.0963. The zero-order chi connectivity index (χ0) is 45.4. The quantitative estimate of drug-likeness (QED) is 0.161. The van der Waals surface area contributed by atoms with Gasteiger partial charge < -0.3 is 9.32 Å². The van der Waals surface area contributed by atoms with Gasteiger partial charge in [0.1, 0.15) is 11.2 Å². The summed E-state index contributed by atoms with van der Waals surface area (Å²) in [6, 6.07) is 52.6. The van der Waals surface area contributed by atoms with E-state index in [4.69, 9.17) is 4.42 Å². The lowest BCUT2D eigenvalue weighted by atomic mass is 9.97. The van der Waals surface area contributed by atoms with E-state index in [2.05, 4.69) is 6.07 Å². The predicted molar refractivity (Wildman–Crippen MR) is 245 cm³/mol. The Bertz CT molecular complexity index is 3690. The van der Waals surface area contributed by atoms with Crippen LogP contribution in [0, 0.1) is 0 Å². The third-order valence-corrected chi connectivity index (χ3v) is 10.8. The number of nitrogens with zero attached hydrogens (tertiary/aromatic N) is 1. The molecule has 272 valence electrons. The van der Waals surface area contributed by atoms with Crippen molar-refractivity contribution in [3.05, 3.63) is 224 Å². The fourth-order valence-corrected chi connectivity index (χ4v) is 7.99. The second-order valence-corrected chi connectivity index (χ2v) is 14.2. The summed E-state index contributed by atoms with van der Waals surface area (Å²) in [5, 5.41) is 5.45. The second-order valence-electron chi connectivity index (χ2n) is 14.2. The van der Waals surface area contributed by atoms with Crippen molar-refractivity contribution in [1.29, 1.82) is 0 Å². The minimum atomic E-state index is -0.409. The van der Waals surface area contributed by atoms with Crippen LogP contribution in [0.15, 0.2) is 229 Å². The SMILES string of the molecule is [2H]c1c([2H])c(N(c2cccc(-c3cccc4oc5c6ccccc6ccc5c34)c2)c2c([2H])c([2H])c(-c3cccc4ccccc34)c([2H])c2[2H])c([2H])c([2H])c1-c1ccc(-c2ccccc2)cc1. The first kappa shape index (κ1) is 26.2. The molecular formula is C56H37NO. The minimum Gasteiger partial charge on any atom is -0.455 e. The second kappa shape index (κ2) is 14.1. The van der Waals surface area contributed by atoms with Gasteiger partial charge in [0, 0.05) is 33.2 Å². The molecule has 0 radical (unpaired) electrons. The summed E-state index contributed by atoms with van der Waals surface area (Å²) in [6.45, 7) is 0. The highest BCUT2D eigenvalue weighted by Crippen LogP contribution is 2.43. The van der Waals surface area contributed by atoms with Gasteiger partial charge in [0.2, 0.25) is 0 Å². The molecule has 0 aliphatic heterocycles. The van der Waals surface area contributed by atoms with Crippen molar-refractivity contribution in [2.75, 3.05) is 4.90 Å². The standard InChI is InChI=1S/C56H37NO/c1-2-11-38(12-3-1)39-23-25-40(26-24-39)41-27-32-46(33-28-41)57(47-34-29-44(30-35-47)50-20-9-15-42-13-4-6-18-49(42)50)48-17-8-16-45(37-48)51-21-10-22-54-55(51)53-36-31-43-14-5-7-19-52(43)56(53)58-54/h1-37H/i27D,28D,29D,30D,32D,33D,34D,35D. The van der Waals surface area contributed by atoms with Gasteiger partial charge in [-0.25, -0.2) is 0 Å². The maximum Gasteiger partial charge on any atom is 0.143 e. The molecule has 10 aromatic carbocycles. The molecule has 0 aliphatic rings. The molecule has 58 heavy (non-hydrogen) atoms. The molecular weight excluding hydrogens is 703 g/mol. The van der Waals surface area contributed by atoms with Crippen molar-refractivity contribution >= 4 is 60.5 Å². The molecule has 0 N–H and O–H groups in total. The first-order valence-electron chi connectivity index (χ1n) is 23.2. The number of hydrogen-bond acceptors (Lipinski definition) is 2. The normalized spacial score (nSPS) is 13.4. The molecule has 0 aliphatic carbocycles. The van der Waals surface area contributed by atoms with Crippen LogP contribution < -0.4 is 4.90 Å². The van der Waals surface area contributed by atoms with E-state index in [0.717, 1.165) is 54.6 Å². The third-order valence-electron chi connectivity index (χ3n) is 10.8. The van der Waals surface area contributed by atoms with E-state index >= 15 is 0 Å². The van der Waals surface area contributed by atoms with Crippen LogP contribution in [0.3, 0.4) is 0 Å². The van der Waals surface area contributed by atoms with Gasteiger partial charge in [-0.1, -0.05) is 176 Å². The molecule has 1 aromatic heterocycles. The molecule has 2 heteroatoms. The lowest BCUT2D eigenvalue weighted by molar-refractivity contribution is 0.673. The molecule has 11 aromatic rings. The molecule has 0 saturated heterocycles. The maximum absolute atomic E-state index is 9.68. The van der Waals surface area contributed by atoms with E-state index in [0.29, 0.717) is 28.0 Å². The van der Waals surface area contributed by atoms with Gasteiger partial charge in [-0.3, -0.25) is 0 Å². The Hall–Kier alpha value is -7.68. The molecule has 0 spiro atoms. The van der Waals surface area contributed by atoms with E-state index in [1.165, 1.54) is 4.90 Å². The molecule has 11 rings (SSSR count). The molecule has 1 heterocycles. The Balaban J connectivity index is 1.14. The first-order chi connectivity index (χ1) is 32.1. The van der Waals surface area contributed by atoms with E-state index in [-0.39, 0.29) is 46.7 Å². The highest BCUT2D eigenvalue weighted by Gasteiger charge is 2.18. The Labute approximate surface area is 348 Å². The van der Waals surface area contributed by atoms with Gasteiger partial charge in [0.15, 0.2) is 0 Å². The van der Waals surface area contributed by atoms with Crippen LogP contribution in [0.25, 0.3) is 88.0 Å². The van der Waals surface area contributed by atoms with E-state index < -0.39 is 24.2 Å². The summed E-state index contributed by atoms with van der Waals surface area (Å²) < 4.78 is 83.1. The van der Waals surface area contributed by atoms with Gasteiger partial charge in [0.05, 0.1) is 11.0 Å². The van der Waals surface area contributed by atoms with Crippen molar-refractivity contribution in [3.8, 4) is 44.5 Å². The van der Waals surface area contributed by atoms with E-state index in [9.17, 15) is 11.0 Å². The highest BCUT2D eigenvalue weighted by atomic mass is 16.3. The molecule has 0 amide bonds. The molecule has 0 saturated carbocycles. The van der Waals surface area contributed by atoms with Crippen molar-refractivity contribution in [3.63, 3.8) is 0 Å². The highest BCUT2D eigenvalue weighted by molar-refractivity contribution is 6.19. The smallest absolute Gasteiger partial charge is 0.143 e. The Morgan fingerprint density at radius 3 is 1.66 bits per heavy atom. The maximum atomic E-state index is 9.68. The molecule has 0 fully saturated rings. The van der Waals surface area contributed by atoms with Crippen LogP contribution in [-0.2, 0) is 0 Å². The lowest BCUT2D eigenvalue weighted by Crippen LogP contribution is -2.10. The van der Waals surface area contributed by atoms with Gasteiger partial charge in [-0.05, 0) is 109 Å². The summed E-state index contributed by atoms with van der Waals surface area (Å²) in [5.41, 5.74) is 5.99. The Morgan fingerprint density at radius 2 is 0.897 bits per heavy atom. The van der Waals surface area contributed by atoms with Crippen LogP contribution in [-0.4, -0.2) is 0 Å². The number of rotatable bonds is 7. The average molecular weight is 748 g/mol. The van der Waals surface area contributed by atoms with Crippen molar-refractivity contribution in [1.82, 2.24) is 0 Å². The van der Waals surface area contributed by atoms with Crippen LogP contribution in [0.5, 0.6) is 0 Å². The van der Waals surface area contributed by atoms with Crippen LogP contribution in [0.2, 0.25) is 0 Å². The van der Waals surface area contributed by atoms with Crippen molar-refractivity contribution in [2.45, 2.75) is 0 Å². The summed E-state index contributed by atoms with van der Waals surface area (Å²) in [4.78, 5) is 1.36. The van der Waals surface area contributed by atoms with Gasteiger partial charge in [0.25, 0.3) is 0 Å². The van der Waals surface area contributed by atoms with Gasteiger partial charge >= 0.3 is 0 Å². The van der Waals surface area contributed by atoms with Gasteiger partial charge in [-0.15, -0.1) is 0 Å². The van der Waals surface area contributed by atoms with E-state index in [1.807, 2.05) is 140 Å². The Kier molecular flexibility index (Phi) is 6.38. The average Bonchev–Trinajstić information content (AvgIpc) is 3.75. The first-order valence-corrected chi connectivity index (χ1v) is 19.2. The zero-order valence-electron chi connectivity index (χ0n) is 39.1. The van der Waals surface area contributed by atoms with Crippen LogP contribution in [0.4, 0.5) is 17.1 Å². The summed E-state index contributed by atoms with van der Waals surface area (Å²) >= 11 is 0. The third kappa shape index (κ3) is 5.91. The van der Waals surface area contributed by atoms with Crippen molar-refractivity contribution < 1.29 is 15.4 Å². The number of fused-ring (bicyclic) bond motifs is 6. The number of anilines is 3. The largest absolute Gasteiger partial charge is 0.455 e. The van der Waals surface area contributed by atoms with Gasteiger partial charge in [-0.2, -0.15) is 0 Å². The summed E-state index contributed by atoms with van der Waals surface area (Å²) in [5.74, 6) is 0. The predicted octanol–water partition coefficient (Wildman–Crippen LogP) is 16.0. The topological polar surface area (TPSA) is 16.4 Å².